The highest BCUT2D eigenvalue weighted by molar-refractivity contribution is 7.80. The minimum absolute atomic E-state index is 0.136. The van der Waals surface area contributed by atoms with Gasteiger partial charge in [-0.3, -0.25) is 4.52 Å². The molecule has 0 aromatic heterocycles. The predicted octanol–water partition coefficient (Wildman–Crippen LogP) is 1.59. The molecule has 0 saturated heterocycles. The SMILES string of the molecule is O=P(O)(O)OCCCCCCS. The molecular formula is C6H15O4PS. The van der Waals surface area contributed by atoms with Crippen molar-refractivity contribution < 1.29 is 18.9 Å². The largest absolute Gasteiger partial charge is 0.469 e. The number of rotatable bonds is 7. The molecule has 0 heterocycles. The Hall–Kier alpha value is 0.460. The van der Waals surface area contributed by atoms with E-state index >= 15 is 0 Å². The van der Waals surface area contributed by atoms with E-state index < -0.39 is 7.82 Å². The Morgan fingerprint density at radius 1 is 1.17 bits per heavy atom. The van der Waals surface area contributed by atoms with Crippen LogP contribution in [-0.4, -0.2) is 22.1 Å². The number of hydrogen-bond acceptors (Lipinski definition) is 3. The van der Waals surface area contributed by atoms with Gasteiger partial charge in [0.25, 0.3) is 0 Å². The summed E-state index contributed by atoms with van der Waals surface area (Å²) in [4.78, 5) is 16.6. The summed E-state index contributed by atoms with van der Waals surface area (Å²) in [6.07, 6.45) is 3.70. The topological polar surface area (TPSA) is 66.8 Å². The maximum Gasteiger partial charge on any atom is 0.469 e. The Labute approximate surface area is 78.0 Å². The van der Waals surface area contributed by atoms with Gasteiger partial charge in [0.1, 0.15) is 0 Å². The second-order valence-corrected chi connectivity index (χ2v) is 4.15. The van der Waals surface area contributed by atoms with Crippen LogP contribution < -0.4 is 0 Å². The first-order chi connectivity index (χ1) is 5.56. The van der Waals surface area contributed by atoms with Gasteiger partial charge in [0.05, 0.1) is 6.61 Å². The van der Waals surface area contributed by atoms with Crippen molar-refractivity contribution in [1.82, 2.24) is 0 Å². The van der Waals surface area contributed by atoms with Crippen LogP contribution in [0.25, 0.3) is 0 Å². The molecule has 4 nitrogen and oxygen atoms in total. The molecule has 0 aliphatic carbocycles. The third-order valence-electron chi connectivity index (χ3n) is 1.31. The monoisotopic (exact) mass is 214 g/mol. The molecule has 12 heavy (non-hydrogen) atoms. The number of unbranched alkanes of at least 4 members (excludes halogenated alkanes) is 3. The zero-order valence-corrected chi connectivity index (χ0v) is 8.64. The van der Waals surface area contributed by atoms with Crippen LogP contribution in [0.3, 0.4) is 0 Å². The van der Waals surface area contributed by atoms with Gasteiger partial charge in [-0.2, -0.15) is 12.6 Å². The van der Waals surface area contributed by atoms with Crippen molar-refractivity contribution in [2.45, 2.75) is 25.7 Å². The maximum atomic E-state index is 10.2. The van der Waals surface area contributed by atoms with Gasteiger partial charge in [0.2, 0.25) is 0 Å². The minimum atomic E-state index is -4.24. The molecule has 0 spiro atoms. The van der Waals surface area contributed by atoms with Gasteiger partial charge in [-0.25, -0.2) is 4.57 Å². The number of hydrogen-bond donors (Lipinski definition) is 3. The Kier molecular flexibility index (Phi) is 7.19. The molecule has 6 heteroatoms. The van der Waals surface area contributed by atoms with Crippen molar-refractivity contribution >= 4 is 20.5 Å². The molecule has 0 aliphatic rings. The lowest BCUT2D eigenvalue weighted by molar-refractivity contribution is 0.193. The first-order valence-electron chi connectivity index (χ1n) is 3.87. The summed E-state index contributed by atoms with van der Waals surface area (Å²) in [6.45, 7) is 0.136. The van der Waals surface area contributed by atoms with Crippen molar-refractivity contribution in [3.8, 4) is 0 Å². The number of thiol groups is 1. The van der Waals surface area contributed by atoms with Gasteiger partial charge < -0.3 is 9.79 Å². The van der Waals surface area contributed by atoms with Gasteiger partial charge in [-0.1, -0.05) is 12.8 Å². The fourth-order valence-electron chi connectivity index (χ4n) is 0.751. The fourth-order valence-corrected chi connectivity index (χ4v) is 1.34. The molecule has 0 amide bonds. The molecule has 0 aromatic rings. The first kappa shape index (κ1) is 12.5. The fraction of sp³-hybridized carbons (Fsp3) is 1.00. The van der Waals surface area contributed by atoms with E-state index in [-0.39, 0.29) is 6.61 Å². The van der Waals surface area contributed by atoms with Crippen LogP contribution in [0.2, 0.25) is 0 Å². The van der Waals surface area contributed by atoms with E-state index in [0.29, 0.717) is 6.42 Å². The van der Waals surface area contributed by atoms with Gasteiger partial charge >= 0.3 is 7.82 Å². The van der Waals surface area contributed by atoms with Crippen LogP contribution in [0.15, 0.2) is 0 Å². The van der Waals surface area contributed by atoms with Crippen molar-refractivity contribution in [1.29, 1.82) is 0 Å². The van der Waals surface area contributed by atoms with Crippen LogP contribution in [0.4, 0.5) is 0 Å². The average molecular weight is 214 g/mol. The van der Waals surface area contributed by atoms with Crippen molar-refractivity contribution in [2.75, 3.05) is 12.4 Å². The number of phosphoric acid groups is 1. The Morgan fingerprint density at radius 3 is 2.25 bits per heavy atom. The molecular weight excluding hydrogens is 199 g/mol. The van der Waals surface area contributed by atoms with Crippen LogP contribution in [0.1, 0.15) is 25.7 Å². The molecule has 74 valence electrons. The third kappa shape index (κ3) is 10.5. The summed E-state index contributed by atoms with van der Waals surface area (Å²) in [5.74, 6) is 0.860. The van der Waals surface area contributed by atoms with Gasteiger partial charge in [0.15, 0.2) is 0 Å². The lowest BCUT2D eigenvalue weighted by Gasteiger charge is -2.03. The van der Waals surface area contributed by atoms with Crippen molar-refractivity contribution in [3.05, 3.63) is 0 Å². The highest BCUT2D eigenvalue weighted by atomic mass is 32.1. The molecule has 0 bridgehead atoms. The molecule has 0 atom stereocenters. The van der Waals surface area contributed by atoms with Gasteiger partial charge in [-0.05, 0) is 18.6 Å². The quantitative estimate of drug-likeness (QED) is 0.342. The van der Waals surface area contributed by atoms with E-state index in [1.807, 2.05) is 0 Å². The lowest BCUT2D eigenvalue weighted by atomic mass is 10.2. The summed E-state index contributed by atoms with van der Waals surface area (Å²) in [5, 5.41) is 0. The molecule has 0 fully saturated rings. The standard InChI is InChI=1S/C6H15O4PS/c7-11(8,9)10-5-3-1-2-4-6-12/h12H,1-6H2,(H2,7,8,9). The molecule has 0 unspecified atom stereocenters. The summed E-state index contributed by atoms with van der Waals surface area (Å²) >= 11 is 4.04. The van der Waals surface area contributed by atoms with E-state index in [4.69, 9.17) is 9.79 Å². The van der Waals surface area contributed by atoms with Crippen molar-refractivity contribution in [2.24, 2.45) is 0 Å². The smallest absolute Gasteiger partial charge is 0.303 e. The van der Waals surface area contributed by atoms with Crippen LogP contribution >= 0.6 is 20.5 Å². The normalized spacial score (nSPS) is 11.9. The highest BCUT2D eigenvalue weighted by Gasteiger charge is 2.11. The van der Waals surface area contributed by atoms with E-state index in [9.17, 15) is 4.57 Å². The van der Waals surface area contributed by atoms with Crippen LogP contribution in [0, 0.1) is 0 Å². The van der Waals surface area contributed by atoms with E-state index in [1.165, 1.54) is 0 Å². The minimum Gasteiger partial charge on any atom is -0.303 e. The van der Waals surface area contributed by atoms with Gasteiger partial charge in [-0.15, -0.1) is 0 Å². The van der Waals surface area contributed by atoms with E-state index in [1.54, 1.807) is 0 Å². The molecule has 0 aromatic carbocycles. The predicted molar refractivity (Wildman–Crippen MR) is 50.3 cm³/mol. The zero-order valence-electron chi connectivity index (χ0n) is 6.85. The molecule has 2 N–H and O–H groups in total. The Balaban J connectivity index is 3.06. The molecule has 0 saturated carbocycles. The lowest BCUT2D eigenvalue weighted by Crippen LogP contribution is -1.92. The van der Waals surface area contributed by atoms with Gasteiger partial charge in [0, 0.05) is 0 Å². The summed E-state index contributed by atoms with van der Waals surface area (Å²) in [6, 6.07) is 0. The summed E-state index contributed by atoms with van der Waals surface area (Å²) in [7, 11) is -4.24. The first-order valence-corrected chi connectivity index (χ1v) is 6.03. The van der Waals surface area contributed by atoms with E-state index in [2.05, 4.69) is 17.2 Å². The summed E-state index contributed by atoms with van der Waals surface area (Å²) < 4.78 is 14.4. The zero-order chi connectivity index (χ0) is 9.45. The van der Waals surface area contributed by atoms with Crippen LogP contribution in [0.5, 0.6) is 0 Å². The molecule has 0 radical (unpaired) electrons. The highest BCUT2D eigenvalue weighted by Crippen LogP contribution is 2.35. The molecule has 0 rings (SSSR count). The second-order valence-electron chi connectivity index (χ2n) is 2.46. The average Bonchev–Trinajstić information content (AvgIpc) is 1.94. The number of phosphoric ester groups is 1. The summed E-state index contributed by atoms with van der Waals surface area (Å²) in [5.41, 5.74) is 0. The van der Waals surface area contributed by atoms with E-state index in [0.717, 1.165) is 25.0 Å². The maximum absolute atomic E-state index is 10.2. The third-order valence-corrected chi connectivity index (χ3v) is 2.15. The van der Waals surface area contributed by atoms with Crippen LogP contribution in [-0.2, 0) is 9.09 Å². The Bertz CT molecular complexity index is 146. The Morgan fingerprint density at radius 2 is 1.75 bits per heavy atom. The second kappa shape index (κ2) is 6.92. The molecule has 0 aliphatic heterocycles. The van der Waals surface area contributed by atoms with Crippen molar-refractivity contribution in [3.63, 3.8) is 0 Å².